The van der Waals surface area contributed by atoms with E-state index >= 15 is 0 Å². The van der Waals surface area contributed by atoms with E-state index in [4.69, 9.17) is 11.5 Å². The van der Waals surface area contributed by atoms with Crippen molar-refractivity contribution in [2.45, 2.75) is 31.2 Å². The number of anilines is 2. The van der Waals surface area contributed by atoms with Crippen LogP contribution in [0.15, 0.2) is 60.9 Å². The molecule has 1 aliphatic rings. The topological polar surface area (TPSA) is 143 Å². The van der Waals surface area contributed by atoms with Gasteiger partial charge in [-0.15, -0.1) is 11.3 Å². The Balaban J connectivity index is 1.09. The Bertz CT molecular complexity index is 1800. The number of nitrogen functional groups attached to an aromatic ring is 1. The highest BCUT2D eigenvalue weighted by atomic mass is 32.1. The molecule has 6 N–H and O–H groups in total. The Morgan fingerprint density at radius 1 is 1.14 bits per heavy atom. The predicted octanol–water partition coefficient (Wildman–Crippen LogP) is 4.90. The van der Waals surface area contributed by atoms with Gasteiger partial charge < -0.3 is 26.8 Å². The maximum Gasteiger partial charge on any atom is 0.434 e. The number of nitrogens with two attached hydrogens (primary N) is 2. The highest BCUT2D eigenvalue weighted by Crippen LogP contribution is 2.43. The van der Waals surface area contributed by atoms with Crippen molar-refractivity contribution in [3.63, 3.8) is 0 Å². The number of hydrogen-bond acceptors (Lipinski definition) is 9. The number of carbonyl (C=O) groups is 1. The molecule has 6 rings (SSSR count). The molecule has 222 valence electrons. The van der Waals surface area contributed by atoms with E-state index in [-0.39, 0.29) is 32.5 Å². The third kappa shape index (κ3) is 5.70. The molecule has 43 heavy (non-hydrogen) atoms. The lowest BCUT2D eigenvalue weighted by molar-refractivity contribution is -0.139. The standard InChI is InChI=1S/C30H28F3N7O2S/c31-30(32,33)28-24-22(43-27(25(24)34)29(35)42)13-23(39-28)40-11-8-18(9-12-40)37-15-21(41)17-6-7-20(38-14-17)19-5-1-3-16-4-2-10-36-26(16)19/h1-7,10,13-14,18,21,37,41H,8-9,11-12,15,34H2,(H2,35,42). The number of alkyl halides is 3. The van der Waals surface area contributed by atoms with Crippen LogP contribution < -0.4 is 21.7 Å². The number of aromatic nitrogens is 3. The van der Waals surface area contributed by atoms with E-state index in [2.05, 4.69) is 20.3 Å². The van der Waals surface area contributed by atoms with Gasteiger partial charge in [0.1, 0.15) is 10.7 Å². The number of nitrogens with one attached hydrogen (secondary N) is 1. The number of primary amides is 1. The number of amides is 1. The van der Waals surface area contributed by atoms with Crippen molar-refractivity contribution in [1.29, 1.82) is 0 Å². The SMILES string of the molecule is NC(=O)c1sc2cc(N3CCC(NCC(O)c4ccc(-c5cccc6cccnc56)nc4)CC3)nc(C(F)(F)F)c2c1N. The van der Waals surface area contributed by atoms with Gasteiger partial charge in [0.25, 0.3) is 5.91 Å². The molecule has 1 atom stereocenters. The number of piperidine rings is 1. The summed E-state index contributed by atoms with van der Waals surface area (Å²) in [5.41, 5.74) is 13.0. The van der Waals surface area contributed by atoms with Gasteiger partial charge in [-0.3, -0.25) is 14.8 Å². The fourth-order valence-corrected chi connectivity index (χ4v) is 6.47. The van der Waals surface area contributed by atoms with Gasteiger partial charge in [-0.25, -0.2) is 4.98 Å². The van der Waals surface area contributed by atoms with Crippen molar-refractivity contribution in [3.8, 4) is 11.3 Å². The van der Waals surface area contributed by atoms with Crippen molar-refractivity contribution >= 4 is 49.7 Å². The van der Waals surface area contributed by atoms with E-state index in [1.807, 2.05) is 42.5 Å². The molecule has 1 aromatic carbocycles. The van der Waals surface area contributed by atoms with Gasteiger partial charge >= 0.3 is 6.18 Å². The lowest BCUT2D eigenvalue weighted by atomic mass is 10.0. The Hall–Kier alpha value is -4.33. The average molecular weight is 608 g/mol. The molecule has 1 unspecified atom stereocenters. The molecule has 1 amide bonds. The van der Waals surface area contributed by atoms with Gasteiger partial charge in [0.05, 0.1) is 23.0 Å². The highest BCUT2D eigenvalue weighted by molar-refractivity contribution is 7.21. The van der Waals surface area contributed by atoms with Crippen molar-refractivity contribution in [1.82, 2.24) is 20.3 Å². The van der Waals surface area contributed by atoms with Crippen LogP contribution in [0.2, 0.25) is 0 Å². The summed E-state index contributed by atoms with van der Waals surface area (Å²) in [4.78, 5) is 26.3. The monoisotopic (exact) mass is 607 g/mol. The first kappa shape index (κ1) is 28.8. The van der Waals surface area contributed by atoms with Crippen LogP contribution in [-0.4, -0.2) is 51.6 Å². The third-order valence-corrected chi connectivity index (χ3v) is 8.85. The van der Waals surface area contributed by atoms with Crippen LogP contribution in [0.4, 0.5) is 24.7 Å². The molecular weight excluding hydrogens is 579 g/mol. The second-order valence-electron chi connectivity index (χ2n) is 10.5. The number of thiophene rings is 1. The van der Waals surface area contributed by atoms with Gasteiger partial charge in [0.15, 0.2) is 5.69 Å². The predicted molar refractivity (Wildman–Crippen MR) is 161 cm³/mol. The molecule has 0 bridgehead atoms. The minimum atomic E-state index is -4.76. The number of carbonyl (C=O) groups excluding carboxylic acids is 1. The van der Waals surface area contributed by atoms with Crippen molar-refractivity contribution in [3.05, 3.63) is 77.1 Å². The number of pyridine rings is 3. The van der Waals surface area contributed by atoms with Crippen LogP contribution in [0.5, 0.6) is 0 Å². The maximum absolute atomic E-state index is 13.9. The zero-order valence-corrected chi connectivity index (χ0v) is 23.6. The van der Waals surface area contributed by atoms with E-state index in [0.29, 0.717) is 38.0 Å². The second-order valence-corrected chi connectivity index (χ2v) is 11.5. The molecule has 9 nitrogen and oxygen atoms in total. The molecule has 5 aromatic rings. The molecule has 0 spiro atoms. The van der Waals surface area contributed by atoms with Crippen molar-refractivity contribution in [2.24, 2.45) is 5.73 Å². The van der Waals surface area contributed by atoms with Crippen LogP contribution in [-0.2, 0) is 6.18 Å². The van der Waals surface area contributed by atoms with Crippen LogP contribution >= 0.6 is 11.3 Å². The van der Waals surface area contributed by atoms with Crippen molar-refractivity contribution < 1.29 is 23.1 Å². The molecule has 13 heteroatoms. The van der Waals surface area contributed by atoms with E-state index in [1.54, 1.807) is 17.3 Å². The van der Waals surface area contributed by atoms with Gasteiger partial charge in [-0.05, 0) is 31.0 Å². The van der Waals surface area contributed by atoms with Gasteiger partial charge in [0.2, 0.25) is 0 Å². The molecular formula is C30H28F3N7O2S. The second kappa shape index (κ2) is 11.4. The summed E-state index contributed by atoms with van der Waals surface area (Å²) in [6.07, 6.45) is -0.862. The Labute approximate surface area is 248 Å². The zero-order chi connectivity index (χ0) is 30.3. The molecule has 1 saturated heterocycles. The molecule has 5 heterocycles. The number of para-hydroxylation sites is 1. The Morgan fingerprint density at radius 2 is 1.91 bits per heavy atom. The maximum atomic E-state index is 13.9. The number of rotatable bonds is 7. The third-order valence-electron chi connectivity index (χ3n) is 7.69. The fraction of sp³-hybridized carbons (Fsp3) is 0.267. The smallest absolute Gasteiger partial charge is 0.397 e. The molecule has 0 saturated carbocycles. The van der Waals surface area contributed by atoms with Crippen LogP contribution in [0, 0.1) is 0 Å². The summed E-state index contributed by atoms with van der Waals surface area (Å²) in [7, 11) is 0. The van der Waals surface area contributed by atoms with Crippen LogP contribution in [0.25, 0.3) is 32.2 Å². The first-order chi connectivity index (χ1) is 20.6. The molecule has 0 radical (unpaired) electrons. The van der Waals surface area contributed by atoms with Crippen molar-refractivity contribution in [2.75, 3.05) is 30.3 Å². The largest absolute Gasteiger partial charge is 0.434 e. The number of hydrogen-bond donors (Lipinski definition) is 4. The van der Waals surface area contributed by atoms with E-state index in [0.717, 1.165) is 33.5 Å². The Kier molecular flexibility index (Phi) is 7.63. The highest BCUT2D eigenvalue weighted by Gasteiger charge is 2.38. The van der Waals surface area contributed by atoms with Crippen LogP contribution in [0.1, 0.15) is 39.9 Å². The normalized spacial score (nSPS) is 15.3. The first-order valence-electron chi connectivity index (χ1n) is 13.7. The van der Waals surface area contributed by atoms with E-state index in [9.17, 15) is 23.1 Å². The number of halogens is 3. The summed E-state index contributed by atoms with van der Waals surface area (Å²) in [5.74, 6) is -0.709. The zero-order valence-electron chi connectivity index (χ0n) is 22.8. The fourth-order valence-electron chi connectivity index (χ4n) is 5.46. The van der Waals surface area contributed by atoms with Gasteiger partial charge in [0, 0.05) is 64.7 Å². The van der Waals surface area contributed by atoms with E-state index < -0.39 is 23.9 Å². The van der Waals surface area contributed by atoms with Crippen LogP contribution in [0.3, 0.4) is 0 Å². The number of aliphatic hydroxyl groups excluding tert-OH is 1. The minimum absolute atomic E-state index is 0.0598. The van der Waals surface area contributed by atoms with Gasteiger partial charge in [-0.1, -0.05) is 30.3 Å². The average Bonchev–Trinajstić information content (AvgIpc) is 3.35. The lowest BCUT2D eigenvalue weighted by Crippen LogP contribution is -2.44. The molecule has 1 fully saturated rings. The molecule has 1 aliphatic heterocycles. The Morgan fingerprint density at radius 3 is 2.60 bits per heavy atom. The minimum Gasteiger partial charge on any atom is -0.397 e. The number of fused-ring (bicyclic) bond motifs is 2. The van der Waals surface area contributed by atoms with E-state index in [1.165, 1.54) is 6.07 Å². The first-order valence-corrected chi connectivity index (χ1v) is 14.5. The van der Waals surface area contributed by atoms with Gasteiger partial charge in [-0.2, -0.15) is 13.2 Å². The number of benzene rings is 1. The molecule has 0 aliphatic carbocycles. The quantitative estimate of drug-likeness (QED) is 0.205. The number of nitrogens with zero attached hydrogens (tertiary/aromatic N) is 4. The summed E-state index contributed by atoms with van der Waals surface area (Å²) < 4.78 is 42.0. The summed E-state index contributed by atoms with van der Waals surface area (Å²) in [6.45, 7) is 1.22. The lowest BCUT2D eigenvalue weighted by Gasteiger charge is -2.34. The summed E-state index contributed by atoms with van der Waals surface area (Å²) >= 11 is 0.836. The molecule has 4 aromatic heterocycles. The summed E-state index contributed by atoms with van der Waals surface area (Å²) in [5, 5.41) is 14.9. The number of aliphatic hydroxyl groups is 1. The summed E-state index contributed by atoms with van der Waals surface area (Å²) in [6, 6.07) is 15.1.